The number of nitrogens with one attached hydrogen (secondary N) is 1. The van der Waals surface area contributed by atoms with Crippen LogP contribution in [0.1, 0.15) is 28.3 Å². The summed E-state index contributed by atoms with van der Waals surface area (Å²) < 4.78 is 11.7. The number of benzene rings is 3. The number of nitro benzene ring substituents is 1. The number of nitro groups is 1. The zero-order valence-corrected chi connectivity index (χ0v) is 18.1. The Morgan fingerprint density at radius 3 is 2.45 bits per heavy atom. The smallest absolute Gasteiger partial charge is 0.269 e. The van der Waals surface area contributed by atoms with Crippen molar-refractivity contribution in [1.82, 2.24) is 5.32 Å². The number of nitrogens with zero attached hydrogens (tertiary/aromatic N) is 1. The van der Waals surface area contributed by atoms with Gasteiger partial charge in [-0.15, -0.1) is 12.4 Å². The molecule has 1 heterocycles. The van der Waals surface area contributed by atoms with Crippen LogP contribution in [0.2, 0.25) is 0 Å². The van der Waals surface area contributed by atoms with E-state index in [0.29, 0.717) is 6.61 Å². The molecule has 1 N–H and O–H groups in total. The Bertz CT molecular complexity index is 1030. The third-order valence-corrected chi connectivity index (χ3v) is 5.41. The van der Waals surface area contributed by atoms with Crippen molar-refractivity contribution in [3.63, 3.8) is 0 Å². The highest BCUT2D eigenvalue weighted by Crippen LogP contribution is 2.37. The minimum atomic E-state index is -0.374. The van der Waals surface area contributed by atoms with Crippen LogP contribution in [-0.4, -0.2) is 18.6 Å². The molecule has 7 heteroatoms. The minimum Gasteiger partial charge on any atom is -0.493 e. The molecule has 0 saturated heterocycles. The molecule has 0 amide bonds. The van der Waals surface area contributed by atoms with E-state index in [1.807, 2.05) is 42.5 Å². The van der Waals surface area contributed by atoms with Crippen molar-refractivity contribution in [3.8, 4) is 11.5 Å². The van der Waals surface area contributed by atoms with Crippen molar-refractivity contribution in [2.75, 3.05) is 13.7 Å². The molecule has 3 aromatic carbocycles. The van der Waals surface area contributed by atoms with Crippen LogP contribution >= 0.6 is 12.4 Å². The Morgan fingerprint density at radius 1 is 1.03 bits per heavy atom. The second kappa shape index (κ2) is 10.3. The highest BCUT2D eigenvalue weighted by molar-refractivity contribution is 5.85. The quantitative estimate of drug-likeness (QED) is 0.412. The normalized spacial score (nSPS) is 14.8. The fourth-order valence-electron chi connectivity index (χ4n) is 3.83. The van der Waals surface area contributed by atoms with E-state index in [4.69, 9.17) is 9.47 Å². The van der Waals surface area contributed by atoms with Crippen LogP contribution in [0, 0.1) is 10.1 Å². The summed E-state index contributed by atoms with van der Waals surface area (Å²) in [6.07, 6.45) is 1.66. The fourth-order valence-corrected chi connectivity index (χ4v) is 3.83. The molecule has 3 aromatic rings. The van der Waals surface area contributed by atoms with E-state index in [2.05, 4.69) is 17.4 Å². The second-order valence-corrected chi connectivity index (χ2v) is 7.36. The van der Waals surface area contributed by atoms with Crippen LogP contribution in [0.5, 0.6) is 11.5 Å². The van der Waals surface area contributed by atoms with Gasteiger partial charge in [0.2, 0.25) is 0 Å². The maximum absolute atomic E-state index is 10.9. The number of non-ortho nitro benzene ring substituents is 1. The van der Waals surface area contributed by atoms with Gasteiger partial charge in [-0.05, 0) is 53.8 Å². The lowest BCUT2D eigenvalue weighted by atomic mass is 9.90. The number of rotatable bonds is 7. The molecule has 0 bridgehead atoms. The second-order valence-electron chi connectivity index (χ2n) is 7.36. The first kappa shape index (κ1) is 22.6. The molecule has 0 fully saturated rings. The number of halogens is 1. The van der Waals surface area contributed by atoms with Gasteiger partial charge in [0.1, 0.15) is 6.61 Å². The molecule has 1 aliphatic rings. The monoisotopic (exact) mass is 440 g/mol. The first-order valence-corrected chi connectivity index (χ1v) is 9.98. The fraction of sp³-hybridized carbons (Fsp3) is 0.250. The van der Waals surface area contributed by atoms with E-state index in [1.54, 1.807) is 19.2 Å². The molecule has 0 aromatic heterocycles. The van der Waals surface area contributed by atoms with Gasteiger partial charge in [0.25, 0.3) is 5.69 Å². The molecular formula is C24H25ClN2O4. The lowest BCUT2D eigenvalue weighted by Crippen LogP contribution is -2.31. The van der Waals surface area contributed by atoms with Crippen LogP contribution in [-0.2, 0) is 19.4 Å². The Hall–Kier alpha value is -3.09. The number of ether oxygens (including phenoxy) is 2. The molecule has 1 atom stereocenters. The zero-order valence-electron chi connectivity index (χ0n) is 17.2. The molecule has 0 aliphatic carbocycles. The van der Waals surface area contributed by atoms with Crippen LogP contribution in [0.25, 0.3) is 0 Å². The Morgan fingerprint density at radius 2 is 1.77 bits per heavy atom. The predicted molar refractivity (Wildman–Crippen MR) is 122 cm³/mol. The first-order chi connectivity index (χ1) is 14.6. The first-order valence-electron chi connectivity index (χ1n) is 9.98. The van der Waals surface area contributed by atoms with Gasteiger partial charge in [-0.1, -0.05) is 42.5 Å². The van der Waals surface area contributed by atoms with E-state index >= 15 is 0 Å². The number of methoxy groups -OCH3 is 1. The molecule has 0 spiro atoms. The number of hydrogen-bond acceptors (Lipinski definition) is 5. The van der Waals surface area contributed by atoms with Gasteiger partial charge in [-0.25, -0.2) is 0 Å². The summed E-state index contributed by atoms with van der Waals surface area (Å²) >= 11 is 0. The summed E-state index contributed by atoms with van der Waals surface area (Å²) in [6.45, 7) is 1.34. The Labute approximate surface area is 187 Å². The maximum atomic E-state index is 10.9. The zero-order chi connectivity index (χ0) is 20.9. The molecule has 1 unspecified atom stereocenters. The van der Waals surface area contributed by atoms with Gasteiger partial charge in [-0.3, -0.25) is 10.1 Å². The summed E-state index contributed by atoms with van der Waals surface area (Å²) in [6, 6.07) is 21.0. The minimum absolute atomic E-state index is 0. The average molecular weight is 441 g/mol. The molecule has 31 heavy (non-hydrogen) atoms. The molecule has 6 nitrogen and oxygen atoms in total. The van der Waals surface area contributed by atoms with E-state index in [1.165, 1.54) is 11.1 Å². The molecule has 0 radical (unpaired) electrons. The molecular weight excluding hydrogens is 416 g/mol. The van der Waals surface area contributed by atoms with E-state index in [9.17, 15) is 10.1 Å². The van der Waals surface area contributed by atoms with Gasteiger partial charge >= 0.3 is 0 Å². The van der Waals surface area contributed by atoms with Gasteiger partial charge in [-0.2, -0.15) is 0 Å². The Balaban J connectivity index is 0.00000272. The highest BCUT2D eigenvalue weighted by atomic mass is 35.5. The van der Waals surface area contributed by atoms with Crippen LogP contribution in [0.3, 0.4) is 0 Å². The summed E-state index contributed by atoms with van der Waals surface area (Å²) in [5.74, 6) is 1.46. The van der Waals surface area contributed by atoms with Gasteiger partial charge in [0, 0.05) is 18.2 Å². The molecule has 1 aliphatic heterocycles. The van der Waals surface area contributed by atoms with E-state index in [0.717, 1.165) is 42.0 Å². The average Bonchev–Trinajstić information content (AvgIpc) is 2.78. The lowest BCUT2D eigenvalue weighted by Gasteiger charge is -2.28. The van der Waals surface area contributed by atoms with Crippen LogP contribution in [0.4, 0.5) is 5.69 Å². The maximum Gasteiger partial charge on any atom is 0.269 e. The molecule has 0 saturated carbocycles. The van der Waals surface area contributed by atoms with Crippen molar-refractivity contribution in [1.29, 1.82) is 0 Å². The molecule has 4 rings (SSSR count). The van der Waals surface area contributed by atoms with Gasteiger partial charge in [0.15, 0.2) is 11.5 Å². The van der Waals surface area contributed by atoms with E-state index in [-0.39, 0.29) is 29.1 Å². The van der Waals surface area contributed by atoms with Gasteiger partial charge < -0.3 is 14.8 Å². The highest BCUT2D eigenvalue weighted by Gasteiger charge is 2.23. The van der Waals surface area contributed by atoms with Crippen molar-refractivity contribution >= 4 is 18.1 Å². The summed E-state index contributed by atoms with van der Waals surface area (Å²) in [5, 5.41) is 14.5. The molecule has 162 valence electrons. The third-order valence-electron chi connectivity index (χ3n) is 5.41. The third kappa shape index (κ3) is 5.34. The summed E-state index contributed by atoms with van der Waals surface area (Å²) in [4.78, 5) is 10.5. The topological polar surface area (TPSA) is 73.6 Å². The van der Waals surface area contributed by atoms with Crippen molar-refractivity contribution < 1.29 is 14.4 Å². The Kier molecular flexibility index (Phi) is 7.50. The number of hydrogen-bond donors (Lipinski definition) is 1. The summed E-state index contributed by atoms with van der Waals surface area (Å²) in [7, 11) is 1.66. The lowest BCUT2D eigenvalue weighted by molar-refractivity contribution is -0.384. The SMILES string of the molecule is COc1cc2c(cc1OCc1ccccc1)C(Cc1ccc([N+](=O)[O-])cc1)NCC2.Cl. The van der Waals surface area contributed by atoms with Crippen molar-refractivity contribution in [2.45, 2.75) is 25.5 Å². The van der Waals surface area contributed by atoms with Gasteiger partial charge in [0.05, 0.1) is 12.0 Å². The van der Waals surface area contributed by atoms with E-state index < -0.39 is 0 Å². The van der Waals surface area contributed by atoms with Crippen LogP contribution in [0.15, 0.2) is 66.7 Å². The summed E-state index contributed by atoms with van der Waals surface area (Å²) in [5.41, 5.74) is 4.68. The predicted octanol–water partition coefficient (Wildman–Crippen LogP) is 5.03. The number of fused-ring (bicyclic) bond motifs is 1. The van der Waals surface area contributed by atoms with Crippen molar-refractivity contribution in [2.24, 2.45) is 0 Å². The standard InChI is InChI=1S/C24H24N2O4.ClH/c1-29-23-14-19-11-12-25-22(13-17-7-9-20(10-8-17)26(27)28)21(19)15-24(23)30-16-18-5-3-2-4-6-18;/h2-10,14-15,22,25H,11-13,16H2,1H3;1H. The largest absolute Gasteiger partial charge is 0.493 e. The van der Waals surface area contributed by atoms with Crippen molar-refractivity contribution in [3.05, 3.63) is 99.1 Å². The van der Waals surface area contributed by atoms with Crippen LogP contribution < -0.4 is 14.8 Å².